The molecule has 0 radical (unpaired) electrons. The molecular formula is C31H37N3O3S2. The Morgan fingerprint density at radius 2 is 1.46 bits per heavy atom. The Balaban J connectivity index is 1.67. The quantitative estimate of drug-likeness (QED) is 0.181. The van der Waals surface area contributed by atoms with E-state index < -0.39 is 10.0 Å². The number of thiazole rings is 1. The first kappa shape index (κ1) is 28.9. The van der Waals surface area contributed by atoms with Crippen molar-refractivity contribution in [3.8, 4) is 0 Å². The average Bonchev–Trinajstić information content (AvgIpc) is 3.41. The number of carbonyl (C=O) groups excluding carboxylic acids is 1. The van der Waals surface area contributed by atoms with Crippen molar-refractivity contribution in [1.82, 2.24) is 9.29 Å². The molecule has 0 aliphatic carbocycles. The summed E-state index contributed by atoms with van der Waals surface area (Å²) in [7, 11) is -3.64. The van der Waals surface area contributed by atoms with Crippen LogP contribution in [0, 0.1) is 13.8 Å². The van der Waals surface area contributed by atoms with Gasteiger partial charge in [-0.3, -0.25) is 9.69 Å². The highest BCUT2D eigenvalue weighted by Crippen LogP contribution is 2.34. The molecule has 1 aromatic heterocycles. The first-order valence-corrected chi connectivity index (χ1v) is 15.8. The van der Waals surface area contributed by atoms with Gasteiger partial charge in [0, 0.05) is 18.7 Å². The number of amides is 1. The number of benzene rings is 3. The minimum absolute atomic E-state index is 0.215. The molecule has 0 bridgehead atoms. The van der Waals surface area contributed by atoms with Crippen LogP contribution in [-0.4, -0.2) is 36.7 Å². The molecule has 206 valence electrons. The lowest BCUT2D eigenvalue weighted by Gasteiger charge is -2.23. The molecule has 0 unspecified atom stereocenters. The fourth-order valence-electron chi connectivity index (χ4n) is 4.45. The number of aryl methyl sites for hydroxylation is 2. The van der Waals surface area contributed by atoms with E-state index in [1.165, 1.54) is 11.3 Å². The van der Waals surface area contributed by atoms with Crippen LogP contribution in [0.5, 0.6) is 0 Å². The monoisotopic (exact) mass is 563 g/mol. The predicted molar refractivity (Wildman–Crippen MR) is 161 cm³/mol. The third kappa shape index (κ3) is 6.57. The zero-order chi connectivity index (χ0) is 28.0. The van der Waals surface area contributed by atoms with Crippen molar-refractivity contribution in [2.45, 2.75) is 64.8 Å². The summed E-state index contributed by atoms with van der Waals surface area (Å²) in [6.07, 6.45) is 3.48. The van der Waals surface area contributed by atoms with Gasteiger partial charge in [-0.25, -0.2) is 13.4 Å². The number of hydrogen-bond acceptors (Lipinski definition) is 5. The molecule has 6 nitrogen and oxygen atoms in total. The second kappa shape index (κ2) is 12.9. The number of aromatic nitrogens is 1. The molecule has 3 aromatic carbocycles. The van der Waals surface area contributed by atoms with Gasteiger partial charge < -0.3 is 0 Å². The molecule has 4 aromatic rings. The molecule has 0 aliphatic heterocycles. The molecule has 0 aliphatic rings. The van der Waals surface area contributed by atoms with E-state index in [1.54, 1.807) is 33.5 Å². The van der Waals surface area contributed by atoms with Gasteiger partial charge in [0.15, 0.2) is 5.13 Å². The molecular weight excluding hydrogens is 526 g/mol. The summed E-state index contributed by atoms with van der Waals surface area (Å²) < 4.78 is 29.5. The number of carbonyl (C=O) groups is 1. The molecule has 0 fully saturated rings. The van der Waals surface area contributed by atoms with Gasteiger partial charge in [0.2, 0.25) is 10.0 Å². The second-order valence-corrected chi connectivity index (χ2v) is 12.8. The maximum atomic E-state index is 13.9. The molecule has 0 atom stereocenters. The van der Waals surface area contributed by atoms with Crippen LogP contribution in [0.15, 0.2) is 71.6 Å². The smallest absolute Gasteiger partial charge is 0.260 e. The predicted octanol–water partition coefficient (Wildman–Crippen LogP) is 7.35. The van der Waals surface area contributed by atoms with E-state index in [1.807, 2.05) is 43.3 Å². The van der Waals surface area contributed by atoms with Gasteiger partial charge in [-0.2, -0.15) is 4.31 Å². The summed E-state index contributed by atoms with van der Waals surface area (Å²) in [6, 6.07) is 20.3. The summed E-state index contributed by atoms with van der Waals surface area (Å²) in [4.78, 5) is 20.7. The Kier molecular flexibility index (Phi) is 9.53. The van der Waals surface area contributed by atoms with Gasteiger partial charge in [-0.1, -0.05) is 80.5 Å². The van der Waals surface area contributed by atoms with Crippen LogP contribution in [0.4, 0.5) is 5.13 Å². The van der Waals surface area contributed by atoms with E-state index >= 15 is 0 Å². The second-order valence-electron chi connectivity index (χ2n) is 9.89. The summed E-state index contributed by atoms with van der Waals surface area (Å²) in [5.74, 6) is -0.217. The van der Waals surface area contributed by atoms with Crippen molar-refractivity contribution < 1.29 is 13.2 Å². The standard InChI is InChI=1S/C31H37N3O3S2/c1-5-7-20-33(21-8-6-2)39(36,37)27-18-16-26(17-19-27)30(35)34(22-25-12-10-9-11-13-25)31-32-28-23(3)14-15-24(4)29(28)38-31/h9-19H,5-8,20-22H2,1-4H3. The first-order valence-electron chi connectivity index (χ1n) is 13.6. The Hall–Kier alpha value is -3.07. The summed E-state index contributed by atoms with van der Waals surface area (Å²) in [5.41, 5.74) is 4.50. The highest BCUT2D eigenvalue weighted by Gasteiger charge is 2.26. The highest BCUT2D eigenvalue weighted by molar-refractivity contribution is 7.89. The number of sulfonamides is 1. The third-order valence-corrected chi connectivity index (χ3v) is 9.98. The topological polar surface area (TPSA) is 70.6 Å². The Morgan fingerprint density at radius 1 is 0.846 bits per heavy atom. The number of fused-ring (bicyclic) bond motifs is 1. The molecule has 1 heterocycles. The fraction of sp³-hybridized carbons (Fsp3) is 0.355. The summed E-state index contributed by atoms with van der Waals surface area (Å²) >= 11 is 1.51. The lowest BCUT2D eigenvalue weighted by atomic mass is 10.1. The van der Waals surface area contributed by atoms with Gasteiger partial charge in [-0.05, 0) is 67.6 Å². The van der Waals surface area contributed by atoms with Crippen molar-refractivity contribution in [2.24, 2.45) is 0 Å². The molecule has 1 amide bonds. The van der Waals surface area contributed by atoms with E-state index in [4.69, 9.17) is 4.98 Å². The molecule has 8 heteroatoms. The van der Waals surface area contributed by atoms with Crippen LogP contribution in [0.2, 0.25) is 0 Å². The number of rotatable bonds is 12. The van der Waals surface area contributed by atoms with Crippen LogP contribution in [-0.2, 0) is 16.6 Å². The molecule has 0 saturated carbocycles. The number of anilines is 1. The van der Waals surface area contributed by atoms with Crippen molar-refractivity contribution in [1.29, 1.82) is 0 Å². The maximum Gasteiger partial charge on any atom is 0.260 e. The SMILES string of the molecule is CCCCN(CCCC)S(=O)(=O)c1ccc(C(=O)N(Cc2ccccc2)c2nc3c(C)ccc(C)c3s2)cc1. The van der Waals surface area contributed by atoms with Gasteiger partial charge in [-0.15, -0.1) is 0 Å². The fourth-order valence-corrected chi connectivity index (χ4v) is 7.08. The van der Waals surface area contributed by atoms with E-state index in [9.17, 15) is 13.2 Å². The van der Waals surface area contributed by atoms with Gasteiger partial charge in [0.25, 0.3) is 5.91 Å². The van der Waals surface area contributed by atoms with Crippen LogP contribution < -0.4 is 4.90 Å². The van der Waals surface area contributed by atoms with Crippen molar-refractivity contribution >= 4 is 42.6 Å². The maximum absolute atomic E-state index is 13.9. The summed E-state index contributed by atoms with van der Waals surface area (Å²) in [6.45, 7) is 9.55. The third-order valence-electron chi connectivity index (χ3n) is 6.85. The molecule has 4 rings (SSSR count). The highest BCUT2D eigenvalue weighted by atomic mass is 32.2. The largest absolute Gasteiger partial charge is 0.279 e. The van der Waals surface area contributed by atoms with Crippen molar-refractivity contribution in [3.05, 3.63) is 89.0 Å². The number of nitrogens with zero attached hydrogens (tertiary/aromatic N) is 3. The van der Waals surface area contributed by atoms with Gasteiger partial charge in [0.05, 0.1) is 21.7 Å². The van der Waals surface area contributed by atoms with Crippen molar-refractivity contribution in [2.75, 3.05) is 18.0 Å². The van der Waals surface area contributed by atoms with E-state index in [-0.39, 0.29) is 10.8 Å². The van der Waals surface area contributed by atoms with Crippen LogP contribution >= 0.6 is 11.3 Å². The molecule has 0 spiro atoms. The minimum Gasteiger partial charge on any atom is -0.279 e. The van der Waals surface area contributed by atoms with E-state index in [2.05, 4.69) is 26.8 Å². The summed E-state index contributed by atoms with van der Waals surface area (Å²) in [5, 5.41) is 0.623. The van der Waals surface area contributed by atoms with Crippen LogP contribution in [0.1, 0.15) is 66.6 Å². The Labute approximate surface area is 236 Å². The van der Waals surface area contributed by atoms with E-state index in [0.29, 0.717) is 30.3 Å². The van der Waals surface area contributed by atoms with Gasteiger partial charge in [0.1, 0.15) is 0 Å². The average molecular weight is 564 g/mol. The van der Waals surface area contributed by atoms with Crippen LogP contribution in [0.3, 0.4) is 0 Å². The Bertz CT molecular complexity index is 1470. The first-order chi connectivity index (χ1) is 18.8. The zero-order valence-electron chi connectivity index (χ0n) is 23.2. The van der Waals surface area contributed by atoms with Crippen LogP contribution in [0.25, 0.3) is 10.2 Å². The number of unbranched alkanes of at least 4 members (excludes halogenated alkanes) is 2. The lowest BCUT2D eigenvalue weighted by molar-refractivity contribution is 0.0985. The minimum atomic E-state index is -3.64. The molecule has 0 saturated heterocycles. The number of hydrogen-bond donors (Lipinski definition) is 0. The molecule has 0 N–H and O–H groups in total. The van der Waals surface area contributed by atoms with Gasteiger partial charge >= 0.3 is 0 Å². The molecule has 39 heavy (non-hydrogen) atoms. The normalized spacial score (nSPS) is 11.8. The Morgan fingerprint density at radius 3 is 2.05 bits per heavy atom. The van der Waals surface area contributed by atoms with Crippen molar-refractivity contribution in [3.63, 3.8) is 0 Å². The lowest BCUT2D eigenvalue weighted by Crippen LogP contribution is -2.33. The zero-order valence-corrected chi connectivity index (χ0v) is 24.8. The van der Waals surface area contributed by atoms with E-state index in [0.717, 1.165) is 52.6 Å².